The lowest BCUT2D eigenvalue weighted by Gasteiger charge is -2.12. The molecule has 154 valence electrons. The third-order valence-corrected chi connectivity index (χ3v) is 5.67. The van der Waals surface area contributed by atoms with E-state index >= 15 is 0 Å². The van der Waals surface area contributed by atoms with Crippen LogP contribution < -0.4 is 20.1 Å². The number of rotatable bonds is 6. The van der Waals surface area contributed by atoms with Crippen LogP contribution in [-0.2, 0) is 19.6 Å². The van der Waals surface area contributed by atoms with E-state index in [4.69, 9.17) is 17.0 Å². The Bertz CT molecular complexity index is 1040. The molecule has 11 heteroatoms. The highest BCUT2D eigenvalue weighted by molar-refractivity contribution is 9.10. The molecule has 0 unspecified atom stereocenters. The molecule has 0 fully saturated rings. The van der Waals surface area contributed by atoms with Crippen LogP contribution in [-0.4, -0.2) is 32.0 Å². The maximum absolute atomic E-state index is 12.0. The predicted octanol–water partition coefficient (Wildman–Crippen LogP) is 2.47. The van der Waals surface area contributed by atoms with Crippen molar-refractivity contribution >= 4 is 60.8 Å². The summed E-state index contributed by atoms with van der Waals surface area (Å²) in [7, 11) is -3.91. The Balaban J connectivity index is 1.88. The van der Waals surface area contributed by atoms with Gasteiger partial charge in [0.05, 0.1) is 9.37 Å². The van der Waals surface area contributed by atoms with Crippen molar-refractivity contribution in [3.05, 3.63) is 52.5 Å². The van der Waals surface area contributed by atoms with Crippen molar-refractivity contribution < 1.29 is 22.7 Å². The van der Waals surface area contributed by atoms with Gasteiger partial charge in [-0.3, -0.25) is 14.9 Å². The number of aryl methyl sites for hydroxylation is 1. The normalized spacial score (nSPS) is 10.7. The van der Waals surface area contributed by atoms with Crippen LogP contribution in [0, 0.1) is 6.92 Å². The van der Waals surface area contributed by atoms with Gasteiger partial charge in [-0.25, -0.2) is 13.1 Å². The predicted molar refractivity (Wildman–Crippen MR) is 116 cm³/mol. The van der Waals surface area contributed by atoms with E-state index in [-0.39, 0.29) is 16.6 Å². The Labute approximate surface area is 182 Å². The summed E-state index contributed by atoms with van der Waals surface area (Å²) in [5.41, 5.74) is 1.51. The molecule has 0 atom stereocenters. The number of nitrogens with one attached hydrogen (secondary N) is 3. The topological polar surface area (TPSA) is 114 Å². The van der Waals surface area contributed by atoms with Crippen LogP contribution in [0.15, 0.2) is 51.8 Å². The van der Waals surface area contributed by atoms with E-state index < -0.39 is 21.8 Å². The maximum atomic E-state index is 12.0. The standard InChI is InChI=1S/C18H18BrN3O5S2/c1-11-3-8-16(15(19)9-11)27-10-17(24)21-18(28)20-13-4-6-14(7-5-13)29(25,26)22-12(2)23/h3-9H,10H2,1-2H3,(H,22,23)(H2,20,21,24,28). The summed E-state index contributed by atoms with van der Waals surface area (Å²) in [6.45, 7) is 2.81. The van der Waals surface area contributed by atoms with Gasteiger partial charge in [0.2, 0.25) is 5.91 Å². The minimum absolute atomic E-state index is 0.0269. The lowest BCUT2D eigenvalue weighted by Crippen LogP contribution is -2.37. The molecule has 0 heterocycles. The molecule has 0 radical (unpaired) electrons. The van der Waals surface area contributed by atoms with E-state index in [0.717, 1.165) is 17.0 Å². The number of halogens is 1. The van der Waals surface area contributed by atoms with E-state index in [1.807, 2.05) is 23.8 Å². The highest BCUT2D eigenvalue weighted by Crippen LogP contribution is 2.25. The molecule has 0 spiro atoms. The molecule has 0 bridgehead atoms. The molecule has 0 aliphatic carbocycles. The highest BCUT2D eigenvalue weighted by atomic mass is 79.9. The van der Waals surface area contributed by atoms with Crippen LogP contribution >= 0.6 is 28.1 Å². The van der Waals surface area contributed by atoms with Crippen molar-refractivity contribution in [3.63, 3.8) is 0 Å². The summed E-state index contributed by atoms with van der Waals surface area (Å²) in [4.78, 5) is 22.9. The Morgan fingerprint density at radius 1 is 1.14 bits per heavy atom. The summed E-state index contributed by atoms with van der Waals surface area (Å²) in [5.74, 6) is -0.614. The Morgan fingerprint density at radius 2 is 1.79 bits per heavy atom. The Morgan fingerprint density at radius 3 is 2.38 bits per heavy atom. The molecule has 0 aliphatic rings. The van der Waals surface area contributed by atoms with Crippen LogP contribution in [0.25, 0.3) is 0 Å². The second kappa shape index (κ2) is 9.81. The third-order valence-electron chi connectivity index (χ3n) is 3.40. The quantitative estimate of drug-likeness (QED) is 0.523. The number of anilines is 1. The highest BCUT2D eigenvalue weighted by Gasteiger charge is 2.15. The van der Waals surface area contributed by atoms with Gasteiger partial charge in [0, 0.05) is 12.6 Å². The Kier molecular flexibility index (Phi) is 7.71. The average Bonchev–Trinajstić information content (AvgIpc) is 2.60. The van der Waals surface area contributed by atoms with E-state index in [9.17, 15) is 18.0 Å². The van der Waals surface area contributed by atoms with Crippen molar-refractivity contribution in [2.75, 3.05) is 11.9 Å². The van der Waals surface area contributed by atoms with Gasteiger partial charge in [-0.1, -0.05) is 6.07 Å². The average molecular weight is 500 g/mol. The minimum atomic E-state index is -3.91. The maximum Gasteiger partial charge on any atom is 0.264 e. The monoisotopic (exact) mass is 499 g/mol. The number of thiocarbonyl (C=S) groups is 1. The van der Waals surface area contributed by atoms with Gasteiger partial charge in [-0.2, -0.15) is 0 Å². The molecule has 2 aromatic rings. The first-order valence-electron chi connectivity index (χ1n) is 8.20. The van der Waals surface area contributed by atoms with Crippen LogP contribution in [0.1, 0.15) is 12.5 Å². The SMILES string of the molecule is CC(=O)NS(=O)(=O)c1ccc(NC(=S)NC(=O)COc2ccc(C)cc2Br)cc1. The number of sulfonamides is 1. The smallest absolute Gasteiger partial charge is 0.264 e. The summed E-state index contributed by atoms with van der Waals surface area (Å²) in [6, 6.07) is 11.0. The second-order valence-corrected chi connectivity index (χ2v) is 8.86. The fourth-order valence-corrected chi connectivity index (χ4v) is 3.99. The van der Waals surface area contributed by atoms with Crippen molar-refractivity contribution in [1.29, 1.82) is 0 Å². The van der Waals surface area contributed by atoms with E-state index in [1.54, 1.807) is 6.07 Å². The fraction of sp³-hybridized carbons (Fsp3) is 0.167. The number of hydrogen-bond donors (Lipinski definition) is 3. The molecular weight excluding hydrogens is 482 g/mol. The first-order chi connectivity index (χ1) is 13.6. The van der Waals surface area contributed by atoms with E-state index in [1.165, 1.54) is 24.3 Å². The molecule has 0 saturated heterocycles. The molecule has 2 aromatic carbocycles. The molecule has 2 rings (SSSR count). The van der Waals surface area contributed by atoms with Crippen LogP contribution in [0.5, 0.6) is 5.75 Å². The van der Waals surface area contributed by atoms with Crippen LogP contribution in [0.4, 0.5) is 5.69 Å². The summed E-state index contributed by atoms with van der Waals surface area (Å²) in [5, 5.41) is 5.25. The number of hydrogen-bond acceptors (Lipinski definition) is 6. The lowest BCUT2D eigenvalue weighted by atomic mass is 10.2. The van der Waals surface area contributed by atoms with Crippen molar-refractivity contribution in [1.82, 2.24) is 10.0 Å². The zero-order chi connectivity index (χ0) is 21.6. The van der Waals surface area contributed by atoms with Gasteiger partial charge >= 0.3 is 0 Å². The molecule has 0 saturated carbocycles. The van der Waals surface area contributed by atoms with Gasteiger partial charge < -0.3 is 10.1 Å². The van der Waals surface area contributed by atoms with E-state index in [2.05, 4.69) is 26.6 Å². The number of carbonyl (C=O) groups is 2. The van der Waals surface area contributed by atoms with Crippen LogP contribution in [0.2, 0.25) is 0 Å². The summed E-state index contributed by atoms with van der Waals surface area (Å²) >= 11 is 8.43. The Hall–Kier alpha value is -2.50. The molecule has 2 amide bonds. The molecule has 29 heavy (non-hydrogen) atoms. The third kappa shape index (κ3) is 7.11. The summed E-state index contributed by atoms with van der Waals surface area (Å²) in [6.07, 6.45) is 0. The van der Waals surface area contributed by atoms with Gasteiger partial charge in [0.25, 0.3) is 15.9 Å². The van der Waals surface area contributed by atoms with Crippen molar-refractivity contribution in [3.8, 4) is 5.75 Å². The number of amides is 2. The molecule has 3 N–H and O–H groups in total. The van der Waals surface area contributed by atoms with Gasteiger partial charge in [-0.15, -0.1) is 0 Å². The number of ether oxygens (including phenoxy) is 1. The molecule has 0 aliphatic heterocycles. The van der Waals surface area contributed by atoms with Crippen molar-refractivity contribution in [2.24, 2.45) is 0 Å². The minimum Gasteiger partial charge on any atom is -0.483 e. The molecule has 8 nitrogen and oxygen atoms in total. The van der Waals surface area contributed by atoms with Gasteiger partial charge in [0.1, 0.15) is 5.75 Å². The molecular formula is C18H18BrN3O5S2. The van der Waals surface area contributed by atoms with E-state index in [0.29, 0.717) is 11.4 Å². The number of carbonyl (C=O) groups excluding carboxylic acids is 2. The first kappa shape index (κ1) is 22.8. The van der Waals surface area contributed by atoms with Crippen molar-refractivity contribution in [2.45, 2.75) is 18.7 Å². The molecule has 0 aromatic heterocycles. The zero-order valence-corrected chi connectivity index (χ0v) is 18.7. The number of benzene rings is 2. The van der Waals surface area contributed by atoms with Gasteiger partial charge in [-0.05, 0) is 77.0 Å². The fourth-order valence-electron chi connectivity index (χ4n) is 2.16. The van der Waals surface area contributed by atoms with Crippen LogP contribution in [0.3, 0.4) is 0 Å². The first-order valence-corrected chi connectivity index (χ1v) is 10.9. The zero-order valence-electron chi connectivity index (χ0n) is 15.5. The largest absolute Gasteiger partial charge is 0.483 e. The second-order valence-electron chi connectivity index (χ2n) is 5.91. The lowest BCUT2D eigenvalue weighted by molar-refractivity contribution is -0.121. The van der Waals surface area contributed by atoms with Gasteiger partial charge in [0.15, 0.2) is 11.7 Å². The summed E-state index contributed by atoms with van der Waals surface area (Å²) < 4.78 is 31.8.